The third-order valence-corrected chi connectivity index (χ3v) is 4.86. The summed E-state index contributed by atoms with van der Waals surface area (Å²) in [5.74, 6) is 0.422. The van der Waals surface area contributed by atoms with E-state index in [4.69, 9.17) is 4.74 Å². The van der Waals surface area contributed by atoms with E-state index >= 15 is 0 Å². The molecule has 31 heavy (non-hydrogen) atoms. The van der Waals surface area contributed by atoms with Crippen molar-refractivity contribution in [1.82, 2.24) is 19.5 Å². The first-order valence-corrected chi connectivity index (χ1v) is 10.1. The zero-order chi connectivity index (χ0) is 22.1. The van der Waals surface area contributed by atoms with Gasteiger partial charge in [0.15, 0.2) is 11.6 Å². The highest BCUT2D eigenvalue weighted by Gasteiger charge is 2.18. The van der Waals surface area contributed by atoms with E-state index in [0.717, 1.165) is 6.20 Å². The van der Waals surface area contributed by atoms with Crippen LogP contribution in [0.4, 0.5) is 20.4 Å². The number of ether oxygens (including phenoxy) is 1. The lowest BCUT2D eigenvalue weighted by molar-refractivity contribution is 0.340. The SMILES string of the molecule is CCOc1cccc(Nc2ncc(F)c(-c3cc(F)c4nc(C)n(C(C)C)c4c3)n2)c1. The lowest BCUT2D eigenvalue weighted by atomic mass is 10.1. The third-order valence-electron chi connectivity index (χ3n) is 4.86. The van der Waals surface area contributed by atoms with Crippen molar-refractivity contribution in [1.29, 1.82) is 0 Å². The van der Waals surface area contributed by atoms with Crippen LogP contribution in [0, 0.1) is 18.6 Å². The molecule has 2 heterocycles. The fourth-order valence-electron chi connectivity index (χ4n) is 3.65. The molecule has 0 aliphatic rings. The Morgan fingerprint density at radius 2 is 1.90 bits per heavy atom. The molecule has 0 saturated carbocycles. The van der Waals surface area contributed by atoms with Crippen LogP contribution >= 0.6 is 0 Å². The van der Waals surface area contributed by atoms with Gasteiger partial charge in [-0.15, -0.1) is 0 Å². The summed E-state index contributed by atoms with van der Waals surface area (Å²) in [6.07, 6.45) is 1.07. The van der Waals surface area contributed by atoms with Gasteiger partial charge in [0.25, 0.3) is 0 Å². The van der Waals surface area contributed by atoms with Crippen LogP contribution in [0.3, 0.4) is 0 Å². The van der Waals surface area contributed by atoms with Crippen LogP contribution in [0.1, 0.15) is 32.6 Å². The van der Waals surface area contributed by atoms with E-state index in [9.17, 15) is 8.78 Å². The van der Waals surface area contributed by atoms with E-state index in [-0.39, 0.29) is 23.2 Å². The first-order valence-electron chi connectivity index (χ1n) is 10.1. The molecule has 6 nitrogen and oxygen atoms in total. The quantitative estimate of drug-likeness (QED) is 0.424. The second-order valence-corrected chi connectivity index (χ2v) is 7.42. The van der Waals surface area contributed by atoms with Crippen molar-refractivity contribution >= 4 is 22.7 Å². The molecule has 4 rings (SSSR count). The maximum Gasteiger partial charge on any atom is 0.227 e. The smallest absolute Gasteiger partial charge is 0.227 e. The summed E-state index contributed by atoms with van der Waals surface area (Å²) < 4.78 is 36.9. The van der Waals surface area contributed by atoms with Crippen LogP contribution in [0.2, 0.25) is 0 Å². The number of nitrogens with zero attached hydrogens (tertiary/aromatic N) is 4. The molecular weight excluding hydrogens is 400 g/mol. The Labute approximate surface area is 178 Å². The molecule has 2 aromatic carbocycles. The summed E-state index contributed by atoms with van der Waals surface area (Å²) in [7, 11) is 0. The molecular formula is C23H23F2N5O. The molecule has 1 N–H and O–H groups in total. The molecule has 0 aliphatic heterocycles. The number of halogens is 2. The molecule has 0 aliphatic carbocycles. The molecule has 160 valence electrons. The van der Waals surface area contributed by atoms with Gasteiger partial charge in [-0.3, -0.25) is 0 Å². The highest BCUT2D eigenvalue weighted by molar-refractivity contribution is 5.83. The molecule has 0 saturated heterocycles. The maximum atomic E-state index is 14.8. The van der Waals surface area contributed by atoms with Crippen molar-refractivity contribution in [3.05, 3.63) is 60.1 Å². The van der Waals surface area contributed by atoms with E-state index in [2.05, 4.69) is 20.3 Å². The second-order valence-electron chi connectivity index (χ2n) is 7.42. The predicted molar refractivity (Wildman–Crippen MR) is 117 cm³/mol. The zero-order valence-electron chi connectivity index (χ0n) is 17.8. The first kappa shape index (κ1) is 20.7. The van der Waals surface area contributed by atoms with Crippen LogP contribution < -0.4 is 10.1 Å². The van der Waals surface area contributed by atoms with Gasteiger partial charge >= 0.3 is 0 Å². The average Bonchev–Trinajstić information content (AvgIpc) is 3.06. The van der Waals surface area contributed by atoms with Gasteiger partial charge in [0.1, 0.15) is 22.8 Å². The van der Waals surface area contributed by atoms with Gasteiger partial charge in [-0.25, -0.2) is 23.7 Å². The number of nitrogens with one attached hydrogen (secondary N) is 1. The van der Waals surface area contributed by atoms with Gasteiger partial charge in [0, 0.05) is 23.4 Å². The topological polar surface area (TPSA) is 64.9 Å². The normalized spacial score (nSPS) is 11.3. The summed E-state index contributed by atoms with van der Waals surface area (Å²) in [5.41, 5.74) is 1.87. The average molecular weight is 423 g/mol. The summed E-state index contributed by atoms with van der Waals surface area (Å²) in [4.78, 5) is 12.7. The second kappa shape index (κ2) is 8.29. The maximum absolute atomic E-state index is 14.8. The lowest BCUT2D eigenvalue weighted by Gasteiger charge is -2.12. The third kappa shape index (κ3) is 4.05. The number of hydrogen-bond donors (Lipinski definition) is 1. The molecule has 0 atom stereocenters. The van der Waals surface area contributed by atoms with Crippen molar-refractivity contribution in [2.24, 2.45) is 0 Å². The standard InChI is InChI=1S/C23H23F2N5O/c1-5-31-17-8-6-7-16(11-17)28-23-26-12-19(25)21(29-23)15-9-18(24)22-20(10-15)30(13(2)3)14(4)27-22/h6-13H,5H2,1-4H3,(H,26,28,29). The Morgan fingerprint density at radius 3 is 2.65 bits per heavy atom. The summed E-state index contributed by atoms with van der Waals surface area (Å²) in [6.45, 7) is 8.24. The summed E-state index contributed by atoms with van der Waals surface area (Å²) in [5, 5.41) is 3.05. The molecule has 2 aromatic heterocycles. The fourth-order valence-corrected chi connectivity index (χ4v) is 3.65. The zero-order valence-corrected chi connectivity index (χ0v) is 17.8. The fraction of sp³-hybridized carbons (Fsp3) is 0.261. The van der Waals surface area contributed by atoms with Gasteiger partial charge in [0.05, 0.1) is 18.3 Å². The number of imidazole rings is 1. The van der Waals surface area contributed by atoms with Gasteiger partial charge in [-0.1, -0.05) is 6.07 Å². The van der Waals surface area contributed by atoms with E-state index in [1.54, 1.807) is 12.1 Å². The molecule has 0 radical (unpaired) electrons. The number of aryl methyl sites for hydroxylation is 1. The van der Waals surface area contributed by atoms with Crippen LogP contribution in [-0.2, 0) is 0 Å². The highest BCUT2D eigenvalue weighted by Crippen LogP contribution is 2.30. The summed E-state index contributed by atoms with van der Waals surface area (Å²) in [6, 6.07) is 10.3. The van der Waals surface area contributed by atoms with E-state index in [1.807, 2.05) is 50.5 Å². The van der Waals surface area contributed by atoms with E-state index in [0.29, 0.717) is 34.9 Å². The minimum Gasteiger partial charge on any atom is -0.494 e. The minimum atomic E-state index is -0.639. The monoisotopic (exact) mass is 423 g/mol. The number of fused-ring (bicyclic) bond motifs is 1. The van der Waals surface area contributed by atoms with Gasteiger partial charge in [0.2, 0.25) is 5.95 Å². The molecule has 0 unspecified atom stereocenters. The van der Waals surface area contributed by atoms with Crippen molar-refractivity contribution < 1.29 is 13.5 Å². The first-order chi connectivity index (χ1) is 14.9. The Bertz CT molecular complexity index is 1250. The molecule has 0 fully saturated rings. The molecule has 0 bridgehead atoms. The number of hydrogen-bond acceptors (Lipinski definition) is 5. The van der Waals surface area contributed by atoms with Crippen LogP contribution in [0.15, 0.2) is 42.6 Å². The highest BCUT2D eigenvalue weighted by atomic mass is 19.1. The molecule has 0 amide bonds. The molecule has 8 heteroatoms. The molecule has 4 aromatic rings. The minimum absolute atomic E-state index is 0.00780. The van der Waals surface area contributed by atoms with Crippen LogP contribution in [-0.4, -0.2) is 26.1 Å². The van der Waals surface area contributed by atoms with Gasteiger partial charge < -0.3 is 14.6 Å². The Balaban J connectivity index is 1.76. The van der Waals surface area contributed by atoms with Crippen molar-refractivity contribution in [3.8, 4) is 17.0 Å². The predicted octanol–water partition coefficient (Wildman–Crippen LogP) is 5.80. The van der Waals surface area contributed by atoms with Crippen molar-refractivity contribution in [2.45, 2.75) is 33.7 Å². The van der Waals surface area contributed by atoms with Crippen LogP contribution in [0.25, 0.3) is 22.3 Å². The Morgan fingerprint density at radius 1 is 1.10 bits per heavy atom. The van der Waals surface area contributed by atoms with Crippen LogP contribution in [0.5, 0.6) is 5.75 Å². The number of aromatic nitrogens is 4. The van der Waals surface area contributed by atoms with E-state index < -0.39 is 11.6 Å². The van der Waals surface area contributed by atoms with Crippen molar-refractivity contribution in [2.75, 3.05) is 11.9 Å². The van der Waals surface area contributed by atoms with E-state index in [1.165, 1.54) is 6.07 Å². The number of anilines is 2. The lowest BCUT2D eigenvalue weighted by Crippen LogP contribution is -2.03. The Kier molecular flexibility index (Phi) is 5.54. The van der Waals surface area contributed by atoms with Gasteiger partial charge in [-0.05, 0) is 52.0 Å². The van der Waals surface area contributed by atoms with Crippen molar-refractivity contribution in [3.63, 3.8) is 0 Å². The number of benzene rings is 2. The summed E-state index contributed by atoms with van der Waals surface area (Å²) >= 11 is 0. The largest absolute Gasteiger partial charge is 0.494 e. The Hall–Kier alpha value is -3.55. The number of rotatable bonds is 6. The van der Waals surface area contributed by atoms with Gasteiger partial charge in [-0.2, -0.15) is 0 Å². The molecule has 0 spiro atoms.